The first-order chi connectivity index (χ1) is 11.2. The van der Waals surface area contributed by atoms with Gasteiger partial charge in [0.25, 0.3) is 5.91 Å². The van der Waals surface area contributed by atoms with E-state index in [4.69, 9.17) is 28.0 Å². The maximum Gasteiger partial charge on any atom is 0.260 e. The average Bonchev–Trinajstić information content (AvgIpc) is 2.56. The van der Waals surface area contributed by atoms with Crippen molar-refractivity contribution in [1.29, 1.82) is 0 Å². The minimum absolute atomic E-state index is 0.149. The van der Waals surface area contributed by atoms with E-state index in [0.29, 0.717) is 22.2 Å². The van der Waals surface area contributed by atoms with Gasteiger partial charge in [0, 0.05) is 12.1 Å². The molecule has 2 aromatic rings. The predicted octanol–water partition coefficient (Wildman–Crippen LogP) is 3.70. The summed E-state index contributed by atoms with van der Waals surface area (Å²) < 4.78 is 0. The summed E-state index contributed by atoms with van der Waals surface area (Å²) in [5.74, 6) is -0.227. The van der Waals surface area contributed by atoms with Gasteiger partial charge in [0.1, 0.15) is 0 Å². The number of carbonyl (C=O) groups excluding carboxylic acids is 1. The summed E-state index contributed by atoms with van der Waals surface area (Å²) in [6, 6.07) is 15.1. The van der Waals surface area contributed by atoms with Gasteiger partial charge < -0.3 is 10.2 Å². The summed E-state index contributed by atoms with van der Waals surface area (Å²) in [5.41, 5.74) is 1.80. The smallest absolute Gasteiger partial charge is 0.260 e. The van der Waals surface area contributed by atoms with Crippen molar-refractivity contribution in [2.24, 2.45) is 5.16 Å². The van der Waals surface area contributed by atoms with Crippen molar-refractivity contribution in [3.8, 4) is 0 Å². The second-order valence-electron chi connectivity index (χ2n) is 4.74. The van der Waals surface area contributed by atoms with E-state index in [9.17, 15) is 4.79 Å². The Morgan fingerprint density at radius 2 is 1.91 bits per heavy atom. The standard InChI is InChI=1S/C17H16Cl2N2O2/c18-15-8-4-7-14(17(15)19)11-21-23-12-16(22)20-10-9-13-5-2-1-3-6-13/h1-8,11H,9-10,12H2,(H,20,22)/b21-11-. The van der Waals surface area contributed by atoms with Gasteiger partial charge in [-0.15, -0.1) is 0 Å². The maximum atomic E-state index is 11.6. The van der Waals surface area contributed by atoms with Crippen molar-refractivity contribution in [1.82, 2.24) is 5.32 Å². The number of oxime groups is 1. The van der Waals surface area contributed by atoms with Crippen LogP contribution in [0.5, 0.6) is 0 Å². The van der Waals surface area contributed by atoms with Crippen LogP contribution in [0.15, 0.2) is 53.7 Å². The van der Waals surface area contributed by atoms with Crippen molar-refractivity contribution in [3.05, 3.63) is 69.7 Å². The largest absolute Gasteiger partial charge is 0.386 e. The molecule has 0 aliphatic heterocycles. The normalized spacial score (nSPS) is 10.7. The number of benzene rings is 2. The Balaban J connectivity index is 1.68. The molecule has 0 aliphatic rings. The van der Waals surface area contributed by atoms with Crippen LogP contribution in [0.25, 0.3) is 0 Å². The van der Waals surface area contributed by atoms with Crippen LogP contribution >= 0.6 is 23.2 Å². The van der Waals surface area contributed by atoms with Crippen molar-refractivity contribution in [2.75, 3.05) is 13.2 Å². The van der Waals surface area contributed by atoms with E-state index in [1.54, 1.807) is 18.2 Å². The Bertz CT molecular complexity index is 676. The molecule has 0 aromatic heterocycles. The third-order valence-corrected chi connectivity index (χ3v) is 3.86. The number of halogens is 2. The molecule has 0 spiro atoms. The van der Waals surface area contributed by atoms with Crippen LogP contribution in [0.2, 0.25) is 10.0 Å². The van der Waals surface area contributed by atoms with Gasteiger partial charge in [0.2, 0.25) is 0 Å². The fraction of sp³-hybridized carbons (Fsp3) is 0.176. The van der Waals surface area contributed by atoms with E-state index in [2.05, 4.69) is 10.5 Å². The Morgan fingerprint density at radius 1 is 1.13 bits per heavy atom. The number of rotatable bonds is 7. The zero-order chi connectivity index (χ0) is 16.5. The van der Waals surface area contributed by atoms with Crippen LogP contribution < -0.4 is 5.32 Å². The second kappa shape index (κ2) is 9.18. The van der Waals surface area contributed by atoms with Crippen molar-refractivity contribution in [3.63, 3.8) is 0 Å². The molecule has 0 saturated heterocycles. The molecule has 0 unspecified atom stereocenters. The highest BCUT2D eigenvalue weighted by molar-refractivity contribution is 6.43. The third-order valence-electron chi connectivity index (χ3n) is 3.02. The molecule has 0 bridgehead atoms. The highest BCUT2D eigenvalue weighted by Gasteiger charge is 2.03. The fourth-order valence-electron chi connectivity index (χ4n) is 1.85. The molecule has 23 heavy (non-hydrogen) atoms. The zero-order valence-corrected chi connectivity index (χ0v) is 13.8. The quantitative estimate of drug-likeness (QED) is 0.611. The number of nitrogens with one attached hydrogen (secondary N) is 1. The van der Waals surface area contributed by atoms with Gasteiger partial charge in [-0.3, -0.25) is 4.79 Å². The van der Waals surface area contributed by atoms with E-state index >= 15 is 0 Å². The van der Waals surface area contributed by atoms with Gasteiger partial charge >= 0.3 is 0 Å². The Morgan fingerprint density at radius 3 is 2.70 bits per heavy atom. The van der Waals surface area contributed by atoms with Crippen molar-refractivity contribution >= 4 is 35.3 Å². The van der Waals surface area contributed by atoms with Gasteiger partial charge in [0.15, 0.2) is 6.61 Å². The molecular formula is C17H16Cl2N2O2. The van der Waals surface area contributed by atoms with Gasteiger partial charge in [-0.1, -0.05) is 70.8 Å². The minimum atomic E-state index is -0.227. The van der Waals surface area contributed by atoms with Crippen LogP contribution in [-0.2, 0) is 16.1 Å². The molecule has 0 aliphatic carbocycles. The highest BCUT2D eigenvalue weighted by atomic mass is 35.5. The summed E-state index contributed by atoms with van der Waals surface area (Å²) >= 11 is 11.9. The molecule has 0 fully saturated rings. The van der Waals surface area contributed by atoms with E-state index in [0.717, 1.165) is 6.42 Å². The first kappa shape index (κ1) is 17.3. The molecule has 4 nitrogen and oxygen atoms in total. The van der Waals surface area contributed by atoms with E-state index in [1.165, 1.54) is 11.8 Å². The van der Waals surface area contributed by atoms with Crippen LogP contribution in [0.1, 0.15) is 11.1 Å². The summed E-state index contributed by atoms with van der Waals surface area (Å²) in [6.07, 6.45) is 2.19. The summed E-state index contributed by atoms with van der Waals surface area (Å²) in [4.78, 5) is 16.6. The number of amides is 1. The summed E-state index contributed by atoms with van der Waals surface area (Å²) in [7, 11) is 0. The lowest BCUT2D eigenvalue weighted by Gasteiger charge is -2.04. The summed E-state index contributed by atoms with van der Waals surface area (Å²) in [5, 5.41) is 7.32. The monoisotopic (exact) mass is 350 g/mol. The van der Waals surface area contributed by atoms with Crippen LogP contribution in [0, 0.1) is 0 Å². The summed E-state index contributed by atoms with van der Waals surface area (Å²) in [6.45, 7) is 0.402. The van der Waals surface area contributed by atoms with Gasteiger partial charge in [-0.05, 0) is 18.1 Å². The van der Waals surface area contributed by atoms with Gasteiger partial charge in [0.05, 0.1) is 16.3 Å². The third kappa shape index (κ3) is 5.93. The lowest BCUT2D eigenvalue weighted by Crippen LogP contribution is -2.28. The molecular weight excluding hydrogens is 335 g/mol. The number of hydrogen-bond donors (Lipinski definition) is 1. The lowest BCUT2D eigenvalue weighted by molar-refractivity contribution is -0.125. The maximum absolute atomic E-state index is 11.6. The molecule has 0 saturated carbocycles. The van der Waals surface area contributed by atoms with Crippen LogP contribution in [-0.4, -0.2) is 25.3 Å². The zero-order valence-electron chi connectivity index (χ0n) is 12.3. The van der Waals surface area contributed by atoms with E-state index in [-0.39, 0.29) is 12.5 Å². The van der Waals surface area contributed by atoms with E-state index in [1.807, 2.05) is 30.3 Å². The number of nitrogens with zero attached hydrogens (tertiary/aromatic N) is 1. The van der Waals surface area contributed by atoms with Crippen LogP contribution in [0.3, 0.4) is 0 Å². The molecule has 0 atom stereocenters. The van der Waals surface area contributed by atoms with Gasteiger partial charge in [-0.25, -0.2) is 0 Å². The van der Waals surface area contributed by atoms with Gasteiger partial charge in [-0.2, -0.15) is 0 Å². The number of hydrogen-bond acceptors (Lipinski definition) is 3. The average molecular weight is 351 g/mol. The molecule has 120 valence electrons. The first-order valence-corrected chi connectivity index (χ1v) is 7.82. The molecule has 0 radical (unpaired) electrons. The van der Waals surface area contributed by atoms with Crippen LogP contribution in [0.4, 0.5) is 0 Å². The lowest BCUT2D eigenvalue weighted by atomic mass is 10.1. The predicted molar refractivity (Wildman–Crippen MR) is 93.2 cm³/mol. The van der Waals surface area contributed by atoms with Crippen molar-refractivity contribution in [2.45, 2.75) is 6.42 Å². The topological polar surface area (TPSA) is 50.7 Å². The Labute approximate surface area is 145 Å². The first-order valence-electron chi connectivity index (χ1n) is 7.07. The Hall–Kier alpha value is -2.04. The molecule has 0 heterocycles. The highest BCUT2D eigenvalue weighted by Crippen LogP contribution is 2.24. The van der Waals surface area contributed by atoms with E-state index < -0.39 is 0 Å². The fourth-order valence-corrected chi connectivity index (χ4v) is 2.21. The molecule has 1 amide bonds. The second-order valence-corrected chi connectivity index (χ2v) is 5.52. The molecule has 1 N–H and O–H groups in total. The Kier molecular flexibility index (Phi) is 6.91. The SMILES string of the molecule is O=C(CO/N=C\c1cccc(Cl)c1Cl)NCCc1ccccc1. The minimum Gasteiger partial charge on any atom is -0.386 e. The number of carbonyl (C=O) groups is 1. The molecule has 6 heteroatoms. The molecule has 2 rings (SSSR count). The molecule has 2 aromatic carbocycles. The van der Waals surface area contributed by atoms with Crippen molar-refractivity contribution < 1.29 is 9.63 Å².